The van der Waals surface area contributed by atoms with Crippen molar-refractivity contribution in [3.05, 3.63) is 58.5 Å². The summed E-state index contributed by atoms with van der Waals surface area (Å²) in [5.41, 5.74) is 0.00147. The predicted octanol–water partition coefficient (Wildman–Crippen LogP) is 3.39. The monoisotopic (exact) mass is 425 g/mol. The first-order chi connectivity index (χ1) is 14.7. The maximum atomic E-state index is 13.4. The third kappa shape index (κ3) is 3.80. The van der Waals surface area contributed by atoms with Crippen molar-refractivity contribution in [3.63, 3.8) is 0 Å². The fraction of sp³-hybridized carbons (Fsp3) is 0.417. The molecule has 7 nitrogen and oxygen atoms in total. The van der Waals surface area contributed by atoms with E-state index in [0.717, 1.165) is 12.8 Å². The summed E-state index contributed by atoms with van der Waals surface area (Å²) in [6, 6.07) is -0.907. The number of fused-ring (bicyclic) bond motifs is 2. The molecule has 31 heavy (non-hydrogen) atoms. The Labute approximate surface area is 181 Å². The molecule has 0 fully saturated rings. The number of carboxylic acid groups (broad SMARTS) is 1. The lowest BCUT2D eigenvalue weighted by atomic mass is 9.76. The van der Waals surface area contributed by atoms with E-state index in [1.165, 1.54) is 24.9 Å². The van der Waals surface area contributed by atoms with E-state index in [9.17, 15) is 24.3 Å². The minimum Gasteiger partial charge on any atom is -0.480 e. The van der Waals surface area contributed by atoms with E-state index in [4.69, 9.17) is 4.74 Å². The summed E-state index contributed by atoms with van der Waals surface area (Å²) in [6.07, 6.45) is 11.1. The Morgan fingerprint density at radius 2 is 1.97 bits per heavy atom. The number of carbonyl (C=O) groups excluding carboxylic acids is 3. The smallest absolute Gasteiger partial charge is 0.343 e. The van der Waals surface area contributed by atoms with Crippen LogP contribution in [0.25, 0.3) is 0 Å². The van der Waals surface area contributed by atoms with E-state index >= 15 is 0 Å². The minimum atomic E-state index is -1.59. The van der Waals surface area contributed by atoms with Gasteiger partial charge in [-0.2, -0.15) is 0 Å². The van der Waals surface area contributed by atoms with Crippen LogP contribution in [-0.4, -0.2) is 45.2 Å². The summed E-state index contributed by atoms with van der Waals surface area (Å²) >= 11 is 0. The van der Waals surface area contributed by atoms with Crippen LogP contribution in [0.2, 0.25) is 0 Å². The molecule has 1 N–H and O–H groups in total. The van der Waals surface area contributed by atoms with Gasteiger partial charge in [0.2, 0.25) is 5.78 Å². The topological polar surface area (TPSA) is 101 Å². The number of ether oxygens (including phenoxy) is 1. The van der Waals surface area contributed by atoms with Gasteiger partial charge in [0.1, 0.15) is 11.6 Å². The van der Waals surface area contributed by atoms with Gasteiger partial charge in [-0.25, -0.2) is 9.59 Å². The maximum Gasteiger partial charge on any atom is 0.343 e. The molecule has 2 atom stereocenters. The molecule has 0 amide bonds. The summed E-state index contributed by atoms with van der Waals surface area (Å²) in [7, 11) is 0. The Hall–Kier alpha value is -3.22. The number of rotatable bonds is 8. The molecule has 0 bridgehead atoms. The van der Waals surface area contributed by atoms with Crippen molar-refractivity contribution >= 4 is 23.5 Å². The molecule has 0 saturated heterocycles. The molecule has 7 heteroatoms. The molecule has 164 valence electrons. The second-order valence-electron chi connectivity index (χ2n) is 8.05. The van der Waals surface area contributed by atoms with Crippen molar-refractivity contribution in [2.75, 3.05) is 0 Å². The second-order valence-corrected chi connectivity index (χ2v) is 8.05. The number of unbranched alkanes of at least 4 members (excludes halogenated alkanes) is 2. The van der Waals surface area contributed by atoms with Gasteiger partial charge in [-0.05, 0) is 51.0 Å². The predicted molar refractivity (Wildman–Crippen MR) is 114 cm³/mol. The van der Waals surface area contributed by atoms with Crippen LogP contribution in [0.5, 0.6) is 0 Å². The first kappa shape index (κ1) is 22.5. The van der Waals surface area contributed by atoms with Gasteiger partial charge < -0.3 is 14.7 Å². The van der Waals surface area contributed by atoms with Crippen molar-refractivity contribution in [3.8, 4) is 0 Å². The number of carboxylic acids is 1. The fourth-order valence-corrected chi connectivity index (χ4v) is 4.02. The molecule has 0 aromatic heterocycles. The van der Waals surface area contributed by atoms with E-state index in [0.29, 0.717) is 17.7 Å². The highest BCUT2D eigenvalue weighted by molar-refractivity contribution is 6.25. The van der Waals surface area contributed by atoms with Gasteiger partial charge >= 0.3 is 11.9 Å². The van der Waals surface area contributed by atoms with Crippen LogP contribution in [0.1, 0.15) is 53.4 Å². The van der Waals surface area contributed by atoms with Crippen molar-refractivity contribution in [1.82, 2.24) is 4.90 Å². The number of ketones is 2. The van der Waals surface area contributed by atoms with Crippen LogP contribution in [0.4, 0.5) is 0 Å². The van der Waals surface area contributed by atoms with E-state index in [1.54, 1.807) is 31.2 Å². The average molecular weight is 425 g/mol. The van der Waals surface area contributed by atoms with Gasteiger partial charge in [0.15, 0.2) is 11.4 Å². The quantitative estimate of drug-likeness (QED) is 0.361. The van der Waals surface area contributed by atoms with Crippen LogP contribution >= 0.6 is 0 Å². The van der Waals surface area contributed by atoms with Crippen LogP contribution < -0.4 is 0 Å². The molecule has 2 aliphatic heterocycles. The third-order valence-electron chi connectivity index (χ3n) is 5.84. The van der Waals surface area contributed by atoms with E-state index in [1.807, 2.05) is 6.92 Å². The van der Waals surface area contributed by atoms with Crippen molar-refractivity contribution in [2.45, 2.75) is 65.0 Å². The van der Waals surface area contributed by atoms with Gasteiger partial charge in [-0.15, -0.1) is 0 Å². The summed E-state index contributed by atoms with van der Waals surface area (Å²) in [5.74, 6) is -2.61. The van der Waals surface area contributed by atoms with Crippen LogP contribution in [0.3, 0.4) is 0 Å². The Morgan fingerprint density at radius 3 is 2.58 bits per heavy atom. The SMILES string of the molecule is C/C=C/C1=CC2=CC3=C(C(=O)CCCCC)C(=O)O[C@@]3(C)C(=O)C2=CN1[C@H](C)C(=O)O. The van der Waals surface area contributed by atoms with Gasteiger partial charge in [-0.3, -0.25) is 9.59 Å². The van der Waals surface area contributed by atoms with Crippen molar-refractivity contribution in [2.24, 2.45) is 0 Å². The lowest BCUT2D eigenvalue weighted by Gasteiger charge is -2.35. The third-order valence-corrected chi connectivity index (χ3v) is 5.84. The number of hydrogen-bond donors (Lipinski definition) is 1. The molecule has 2 heterocycles. The lowest BCUT2D eigenvalue weighted by Crippen LogP contribution is -2.44. The number of allylic oxidation sites excluding steroid dienone is 4. The van der Waals surface area contributed by atoms with Crippen LogP contribution in [-0.2, 0) is 23.9 Å². The molecule has 0 spiro atoms. The Morgan fingerprint density at radius 1 is 1.26 bits per heavy atom. The van der Waals surface area contributed by atoms with Gasteiger partial charge in [-0.1, -0.05) is 25.8 Å². The number of carbonyl (C=O) groups is 4. The number of nitrogens with zero attached hydrogens (tertiary/aromatic N) is 1. The molecule has 1 aliphatic carbocycles. The molecule has 0 unspecified atom stereocenters. The zero-order valence-corrected chi connectivity index (χ0v) is 18.2. The van der Waals surface area contributed by atoms with E-state index in [2.05, 4.69) is 0 Å². The molecule has 3 aliphatic rings. The normalized spacial score (nSPS) is 23.7. The Bertz CT molecular complexity index is 1010. The van der Waals surface area contributed by atoms with Gasteiger partial charge in [0.25, 0.3) is 0 Å². The summed E-state index contributed by atoms with van der Waals surface area (Å²) < 4.78 is 5.43. The standard InChI is InChI=1S/C24H27NO6/c1-5-7-8-10-19(26)20-18-12-15-11-16(9-6-2)25(14(3)22(28)29)13-17(15)21(27)24(18,4)31-23(20)30/h6,9,11-14H,5,7-8,10H2,1-4H3,(H,28,29)/b9-6+/t14-,24-/m1/s1. The number of hydrogen-bond acceptors (Lipinski definition) is 6. The number of aliphatic carboxylic acids is 1. The minimum absolute atomic E-state index is 0.0548. The second kappa shape index (κ2) is 8.49. The van der Waals surface area contributed by atoms with Crippen LogP contribution in [0.15, 0.2) is 58.5 Å². The molecule has 3 rings (SSSR count). The zero-order chi connectivity index (χ0) is 22.9. The Kier molecular flexibility index (Phi) is 6.15. The highest BCUT2D eigenvalue weighted by atomic mass is 16.6. The number of Topliss-reactive ketones (excluding diaryl/α,β-unsaturated/α-hetero) is 2. The largest absolute Gasteiger partial charge is 0.480 e. The van der Waals surface area contributed by atoms with Crippen molar-refractivity contribution < 1.29 is 29.0 Å². The van der Waals surface area contributed by atoms with Crippen molar-refractivity contribution in [1.29, 1.82) is 0 Å². The fourth-order valence-electron chi connectivity index (χ4n) is 4.02. The summed E-state index contributed by atoms with van der Waals surface area (Å²) in [5, 5.41) is 9.47. The molecule has 0 saturated carbocycles. The highest BCUT2D eigenvalue weighted by Gasteiger charge is 2.54. The first-order valence-corrected chi connectivity index (χ1v) is 10.5. The maximum absolute atomic E-state index is 13.4. The average Bonchev–Trinajstić information content (AvgIpc) is 2.98. The number of esters is 1. The van der Waals surface area contributed by atoms with Gasteiger partial charge in [0.05, 0.1) is 0 Å². The molecular weight excluding hydrogens is 398 g/mol. The first-order valence-electron chi connectivity index (χ1n) is 10.5. The zero-order valence-electron chi connectivity index (χ0n) is 18.2. The van der Waals surface area contributed by atoms with Crippen LogP contribution in [0, 0.1) is 0 Å². The molecule has 0 aromatic rings. The molecular formula is C24H27NO6. The highest BCUT2D eigenvalue weighted by Crippen LogP contribution is 2.44. The Balaban J connectivity index is 2.12. The molecule has 0 radical (unpaired) electrons. The summed E-state index contributed by atoms with van der Waals surface area (Å²) in [4.78, 5) is 51.8. The summed E-state index contributed by atoms with van der Waals surface area (Å²) in [6.45, 7) is 6.84. The van der Waals surface area contributed by atoms with E-state index < -0.39 is 29.4 Å². The van der Waals surface area contributed by atoms with Gasteiger partial charge in [0, 0.05) is 29.5 Å². The van der Waals surface area contributed by atoms with E-state index in [-0.39, 0.29) is 28.9 Å². The molecule has 0 aromatic carbocycles. The lowest BCUT2D eigenvalue weighted by molar-refractivity contribution is -0.153.